The summed E-state index contributed by atoms with van der Waals surface area (Å²) in [5.41, 5.74) is 2.58. The van der Waals surface area contributed by atoms with Crippen LogP contribution in [0.25, 0.3) is 10.9 Å². The zero-order valence-electron chi connectivity index (χ0n) is 13.7. The number of para-hydroxylation sites is 1. The molecule has 3 atom stereocenters. The molecule has 3 nitrogen and oxygen atoms in total. The normalized spacial score (nSPS) is 26.7. The van der Waals surface area contributed by atoms with Crippen LogP contribution in [0.4, 0.5) is 0 Å². The van der Waals surface area contributed by atoms with Crippen molar-refractivity contribution < 1.29 is 4.79 Å². The van der Waals surface area contributed by atoms with Gasteiger partial charge in [-0.15, -0.1) is 0 Å². The molecule has 1 unspecified atom stereocenters. The number of aromatic nitrogens is 1. The molecule has 120 valence electrons. The third kappa shape index (κ3) is 2.53. The van der Waals surface area contributed by atoms with Gasteiger partial charge in [-0.25, -0.2) is 0 Å². The summed E-state index contributed by atoms with van der Waals surface area (Å²) in [5.74, 6) is 0.181. The Kier molecular flexibility index (Phi) is 3.80. The van der Waals surface area contributed by atoms with Crippen molar-refractivity contribution in [1.29, 1.82) is 0 Å². The molecule has 2 saturated heterocycles. The number of fused-ring (bicyclic) bond motifs is 3. The Morgan fingerprint density at radius 2 is 1.91 bits per heavy atom. The largest absolute Gasteiger partial charge is 0.333 e. The van der Waals surface area contributed by atoms with Gasteiger partial charge in [-0.2, -0.15) is 11.8 Å². The number of piperidine rings is 1. The van der Waals surface area contributed by atoms with E-state index in [-0.39, 0.29) is 5.91 Å². The van der Waals surface area contributed by atoms with Crippen LogP contribution in [0.2, 0.25) is 0 Å². The summed E-state index contributed by atoms with van der Waals surface area (Å²) < 4.78 is 0. The first-order valence-electron chi connectivity index (χ1n) is 8.39. The van der Waals surface area contributed by atoms with Crippen molar-refractivity contribution >= 4 is 28.6 Å². The number of amides is 1. The molecule has 2 aromatic rings. The molecule has 3 heterocycles. The van der Waals surface area contributed by atoms with E-state index in [1.54, 1.807) is 0 Å². The van der Waals surface area contributed by atoms with Gasteiger partial charge in [0.2, 0.25) is 0 Å². The lowest BCUT2D eigenvalue weighted by Crippen LogP contribution is -2.47. The van der Waals surface area contributed by atoms with Crippen molar-refractivity contribution in [2.45, 2.75) is 49.9 Å². The zero-order chi connectivity index (χ0) is 16.0. The summed E-state index contributed by atoms with van der Waals surface area (Å²) in [6.07, 6.45) is 6.79. The Morgan fingerprint density at radius 1 is 1.17 bits per heavy atom. The molecule has 1 amide bonds. The molecule has 1 aromatic carbocycles. The van der Waals surface area contributed by atoms with Gasteiger partial charge >= 0.3 is 0 Å². The summed E-state index contributed by atoms with van der Waals surface area (Å²) in [5, 5.41) is 1.76. The van der Waals surface area contributed by atoms with Crippen molar-refractivity contribution in [2.75, 3.05) is 6.26 Å². The maximum atomic E-state index is 13.3. The number of nitrogens with zero attached hydrogens (tertiary/aromatic N) is 2. The van der Waals surface area contributed by atoms with Gasteiger partial charge < -0.3 is 4.90 Å². The second-order valence-corrected chi connectivity index (χ2v) is 7.89. The second-order valence-electron chi connectivity index (χ2n) is 6.76. The molecule has 0 radical (unpaired) electrons. The number of carbonyl (C=O) groups is 1. The van der Waals surface area contributed by atoms with E-state index < -0.39 is 0 Å². The fourth-order valence-electron chi connectivity index (χ4n) is 4.21. The number of benzene rings is 1. The zero-order valence-corrected chi connectivity index (χ0v) is 14.5. The molecule has 4 heteroatoms. The summed E-state index contributed by atoms with van der Waals surface area (Å²) in [6.45, 7) is 1.98. The van der Waals surface area contributed by atoms with Crippen molar-refractivity contribution in [3.63, 3.8) is 0 Å². The van der Waals surface area contributed by atoms with E-state index in [1.807, 2.05) is 43.0 Å². The number of carbonyl (C=O) groups excluding carboxylic acids is 1. The van der Waals surface area contributed by atoms with Crippen LogP contribution in [-0.4, -0.2) is 39.4 Å². The minimum absolute atomic E-state index is 0.181. The minimum atomic E-state index is 0.181. The van der Waals surface area contributed by atoms with Gasteiger partial charge in [0.1, 0.15) is 0 Å². The van der Waals surface area contributed by atoms with Gasteiger partial charge in [-0.1, -0.05) is 18.2 Å². The van der Waals surface area contributed by atoms with E-state index in [2.05, 4.69) is 22.2 Å². The van der Waals surface area contributed by atoms with Crippen LogP contribution >= 0.6 is 11.8 Å². The molecule has 0 saturated carbocycles. The summed E-state index contributed by atoms with van der Waals surface area (Å²) in [7, 11) is 0. The Bertz CT molecular complexity index is 746. The van der Waals surface area contributed by atoms with E-state index in [0.29, 0.717) is 17.3 Å². The molecule has 0 N–H and O–H groups in total. The first kappa shape index (κ1) is 15.0. The highest BCUT2D eigenvalue weighted by molar-refractivity contribution is 7.99. The highest BCUT2D eigenvalue weighted by Crippen LogP contribution is 2.40. The highest BCUT2D eigenvalue weighted by Gasteiger charge is 2.43. The molecule has 4 rings (SSSR count). The maximum Gasteiger partial charge on any atom is 0.256 e. The van der Waals surface area contributed by atoms with Crippen LogP contribution in [0.5, 0.6) is 0 Å². The standard InChI is InChI=1S/C19H22N2OS/c1-12-6-7-13-4-3-5-17(18(13)20-12)19(22)21-14-8-9-15(21)11-16(10-14)23-2/h3-7,14-16H,8-11H2,1-2H3/t14-,15+,16?. The third-order valence-corrected chi connectivity index (χ3v) is 6.40. The fraction of sp³-hybridized carbons (Fsp3) is 0.474. The van der Waals surface area contributed by atoms with Gasteiger partial charge in [-0.3, -0.25) is 9.78 Å². The van der Waals surface area contributed by atoms with Crippen LogP contribution in [0.1, 0.15) is 41.7 Å². The average molecular weight is 326 g/mol. The first-order valence-corrected chi connectivity index (χ1v) is 9.68. The number of thioether (sulfide) groups is 1. The smallest absolute Gasteiger partial charge is 0.256 e. The first-order chi connectivity index (χ1) is 11.2. The van der Waals surface area contributed by atoms with Crippen LogP contribution < -0.4 is 0 Å². The van der Waals surface area contributed by atoms with Crippen molar-refractivity contribution in [3.8, 4) is 0 Å². The van der Waals surface area contributed by atoms with Crippen LogP contribution in [0, 0.1) is 6.92 Å². The van der Waals surface area contributed by atoms with Crippen LogP contribution in [0.3, 0.4) is 0 Å². The Morgan fingerprint density at radius 3 is 2.61 bits per heavy atom. The Labute approximate surface area is 141 Å². The van der Waals surface area contributed by atoms with Gasteiger partial charge in [0.05, 0.1) is 11.1 Å². The van der Waals surface area contributed by atoms with E-state index in [1.165, 1.54) is 0 Å². The van der Waals surface area contributed by atoms with Gasteiger partial charge in [-0.05, 0) is 51.0 Å². The fourth-order valence-corrected chi connectivity index (χ4v) is 5.04. The van der Waals surface area contributed by atoms with Crippen molar-refractivity contribution in [1.82, 2.24) is 9.88 Å². The van der Waals surface area contributed by atoms with Crippen LogP contribution in [0.15, 0.2) is 30.3 Å². The summed E-state index contributed by atoms with van der Waals surface area (Å²) in [4.78, 5) is 20.1. The monoisotopic (exact) mass is 326 g/mol. The summed E-state index contributed by atoms with van der Waals surface area (Å²) in [6, 6.07) is 10.8. The molecule has 2 aliphatic heterocycles. The summed E-state index contributed by atoms with van der Waals surface area (Å²) >= 11 is 1.96. The molecular formula is C19H22N2OS. The topological polar surface area (TPSA) is 33.2 Å². The lowest BCUT2D eigenvalue weighted by Gasteiger charge is -2.38. The number of hydrogen-bond acceptors (Lipinski definition) is 3. The van der Waals surface area contributed by atoms with Gasteiger partial charge in [0, 0.05) is 28.4 Å². The number of rotatable bonds is 2. The minimum Gasteiger partial charge on any atom is -0.333 e. The van der Waals surface area contributed by atoms with E-state index >= 15 is 0 Å². The van der Waals surface area contributed by atoms with Gasteiger partial charge in [0.15, 0.2) is 0 Å². The lowest BCUT2D eigenvalue weighted by molar-refractivity contribution is 0.0603. The maximum absolute atomic E-state index is 13.3. The number of pyridine rings is 1. The van der Waals surface area contributed by atoms with Gasteiger partial charge in [0.25, 0.3) is 5.91 Å². The lowest BCUT2D eigenvalue weighted by atomic mass is 10.00. The van der Waals surface area contributed by atoms with E-state index in [9.17, 15) is 4.79 Å². The Balaban J connectivity index is 1.72. The third-order valence-electron chi connectivity index (χ3n) is 5.35. The number of aryl methyl sites for hydroxylation is 1. The second kappa shape index (κ2) is 5.82. The highest BCUT2D eigenvalue weighted by atomic mass is 32.2. The molecule has 1 aromatic heterocycles. The van der Waals surface area contributed by atoms with Crippen molar-refractivity contribution in [3.05, 3.63) is 41.6 Å². The predicted octanol–water partition coefficient (Wildman–Crippen LogP) is 4.04. The van der Waals surface area contributed by atoms with E-state index in [0.717, 1.165) is 47.8 Å². The molecule has 0 aliphatic carbocycles. The molecule has 2 bridgehead atoms. The molecule has 2 fully saturated rings. The molecule has 0 spiro atoms. The Hall–Kier alpha value is -1.55. The quantitative estimate of drug-likeness (QED) is 0.835. The molecule has 23 heavy (non-hydrogen) atoms. The predicted molar refractivity (Wildman–Crippen MR) is 96.0 cm³/mol. The SMILES string of the molecule is CSC1C[C@H]2CC[C@@H](C1)N2C(=O)c1cccc2ccc(C)nc12. The molecule has 2 aliphatic rings. The van der Waals surface area contributed by atoms with Crippen LogP contribution in [-0.2, 0) is 0 Å². The number of hydrogen-bond donors (Lipinski definition) is 0. The molecular weight excluding hydrogens is 304 g/mol. The van der Waals surface area contributed by atoms with Crippen molar-refractivity contribution in [2.24, 2.45) is 0 Å². The average Bonchev–Trinajstić information content (AvgIpc) is 2.83. The van der Waals surface area contributed by atoms with E-state index in [4.69, 9.17) is 0 Å².